The van der Waals surface area contributed by atoms with Gasteiger partial charge >= 0.3 is 0 Å². The first-order valence-electron chi connectivity index (χ1n) is 7.82. The molecule has 0 heterocycles. The number of hydrogen-bond donors (Lipinski definition) is 1. The van der Waals surface area contributed by atoms with E-state index < -0.39 is 15.8 Å². The van der Waals surface area contributed by atoms with Crippen LogP contribution in [-0.4, -0.2) is 21.6 Å². The van der Waals surface area contributed by atoms with Crippen molar-refractivity contribution in [1.29, 1.82) is 0 Å². The Bertz CT molecular complexity index is 850. The Morgan fingerprint density at radius 3 is 2.44 bits per heavy atom. The Morgan fingerprint density at radius 2 is 1.84 bits per heavy atom. The third-order valence-electron chi connectivity index (χ3n) is 3.50. The van der Waals surface area contributed by atoms with Crippen LogP contribution in [0.5, 0.6) is 11.5 Å². The van der Waals surface area contributed by atoms with Gasteiger partial charge in [0, 0.05) is 6.54 Å². The Balaban J connectivity index is 2.15. The summed E-state index contributed by atoms with van der Waals surface area (Å²) in [6.07, 6.45) is -0.0000291. The van der Waals surface area contributed by atoms with Crippen LogP contribution >= 0.6 is 0 Å². The van der Waals surface area contributed by atoms with Crippen molar-refractivity contribution in [3.8, 4) is 11.5 Å². The lowest BCUT2D eigenvalue weighted by Gasteiger charge is -2.15. The molecule has 0 saturated heterocycles. The summed E-state index contributed by atoms with van der Waals surface area (Å²) in [6, 6.07) is 8.91. The Morgan fingerprint density at radius 1 is 1.12 bits per heavy atom. The summed E-state index contributed by atoms with van der Waals surface area (Å²) in [7, 11) is -2.21. The summed E-state index contributed by atoms with van der Waals surface area (Å²) < 4.78 is 51.4. The molecule has 5 nitrogen and oxygen atoms in total. The number of aryl methyl sites for hydroxylation is 1. The van der Waals surface area contributed by atoms with E-state index in [-0.39, 0.29) is 23.1 Å². The van der Waals surface area contributed by atoms with Crippen LogP contribution in [0.1, 0.15) is 25.0 Å². The smallest absolute Gasteiger partial charge is 0.240 e. The van der Waals surface area contributed by atoms with Gasteiger partial charge in [0.25, 0.3) is 0 Å². The minimum absolute atomic E-state index is 0.0000291. The van der Waals surface area contributed by atoms with Gasteiger partial charge in [0.05, 0.1) is 18.1 Å². The zero-order valence-electron chi connectivity index (χ0n) is 14.7. The maximum absolute atomic E-state index is 13.3. The van der Waals surface area contributed by atoms with E-state index in [9.17, 15) is 12.8 Å². The summed E-state index contributed by atoms with van der Waals surface area (Å²) in [5.74, 6) is 0.686. The number of ether oxygens (including phenoxy) is 2. The van der Waals surface area contributed by atoms with Crippen molar-refractivity contribution in [2.45, 2.75) is 38.3 Å². The van der Waals surface area contributed by atoms with Crippen LogP contribution in [0.4, 0.5) is 4.39 Å². The number of rotatable bonds is 7. The van der Waals surface area contributed by atoms with Gasteiger partial charge in [-0.1, -0.05) is 6.07 Å². The molecule has 0 saturated carbocycles. The molecular formula is C18H22FNO4S. The van der Waals surface area contributed by atoms with Crippen molar-refractivity contribution in [1.82, 2.24) is 4.72 Å². The molecule has 0 aliphatic carbocycles. The lowest BCUT2D eigenvalue weighted by Crippen LogP contribution is -2.23. The van der Waals surface area contributed by atoms with Crippen LogP contribution < -0.4 is 14.2 Å². The van der Waals surface area contributed by atoms with E-state index in [1.807, 2.05) is 13.8 Å². The summed E-state index contributed by atoms with van der Waals surface area (Å²) >= 11 is 0. The zero-order valence-corrected chi connectivity index (χ0v) is 15.5. The largest absolute Gasteiger partial charge is 0.493 e. The lowest BCUT2D eigenvalue weighted by atomic mass is 10.2. The van der Waals surface area contributed by atoms with Gasteiger partial charge in [-0.15, -0.1) is 0 Å². The molecule has 0 aliphatic rings. The second kappa shape index (κ2) is 7.84. The second-order valence-corrected chi connectivity index (χ2v) is 7.65. The molecular weight excluding hydrogens is 345 g/mol. The van der Waals surface area contributed by atoms with Crippen molar-refractivity contribution in [2.75, 3.05) is 7.11 Å². The molecule has 0 spiro atoms. The molecule has 0 unspecified atom stereocenters. The number of hydrogen-bond acceptors (Lipinski definition) is 4. The van der Waals surface area contributed by atoms with Crippen LogP contribution in [0.25, 0.3) is 0 Å². The highest BCUT2D eigenvalue weighted by atomic mass is 32.2. The topological polar surface area (TPSA) is 64.6 Å². The van der Waals surface area contributed by atoms with Crippen molar-refractivity contribution in [3.63, 3.8) is 0 Å². The molecule has 136 valence electrons. The molecule has 0 atom stereocenters. The molecule has 0 aliphatic heterocycles. The van der Waals surface area contributed by atoms with E-state index in [0.29, 0.717) is 11.5 Å². The zero-order chi connectivity index (χ0) is 18.6. The molecule has 0 radical (unpaired) electrons. The predicted molar refractivity (Wildman–Crippen MR) is 93.9 cm³/mol. The standard InChI is InChI=1S/C18H22FNO4S/c1-12(2)24-17-8-5-14(10-18(17)23-4)11-20-25(21,22)15-6-7-16(19)13(3)9-15/h5-10,12,20H,11H2,1-4H3. The van der Waals surface area contributed by atoms with E-state index in [4.69, 9.17) is 9.47 Å². The van der Waals surface area contributed by atoms with Gasteiger partial charge in [0.15, 0.2) is 11.5 Å². The molecule has 0 aromatic heterocycles. The van der Waals surface area contributed by atoms with Crippen LogP contribution in [0.2, 0.25) is 0 Å². The summed E-state index contributed by atoms with van der Waals surface area (Å²) in [4.78, 5) is 0.0260. The molecule has 0 fully saturated rings. The van der Waals surface area contributed by atoms with E-state index >= 15 is 0 Å². The highest BCUT2D eigenvalue weighted by Crippen LogP contribution is 2.29. The first-order valence-corrected chi connectivity index (χ1v) is 9.30. The van der Waals surface area contributed by atoms with Gasteiger partial charge in [0.1, 0.15) is 5.82 Å². The second-order valence-electron chi connectivity index (χ2n) is 5.89. The highest BCUT2D eigenvalue weighted by molar-refractivity contribution is 7.89. The Hall–Kier alpha value is -2.12. The van der Waals surface area contributed by atoms with Crippen LogP contribution in [-0.2, 0) is 16.6 Å². The van der Waals surface area contributed by atoms with Crippen LogP contribution in [0.15, 0.2) is 41.3 Å². The fraction of sp³-hybridized carbons (Fsp3) is 0.333. The summed E-state index contributed by atoms with van der Waals surface area (Å²) in [5.41, 5.74) is 0.995. The molecule has 25 heavy (non-hydrogen) atoms. The van der Waals surface area contributed by atoms with Crippen LogP contribution in [0, 0.1) is 12.7 Å². The minimum Gasteiger partial charge on any atom is -0.493 e. The molecule has 2 aromatic carbocycles. The average molecular weight is 367 g/mol. The third kappa shape index (κ3) is 4.93. The van der Waals surface area contributed by atoms with Crippen molar-refractivity contribution in [2.24, 2.45) is 0 Å². The normalized spacial score (nSPS) is 11.6. The highest BCUT2D eigenvalue weighted by Gasteiger charge is 2.16. The summed E-state index contributed by atoms with van der Waals surface area (Å²) in [5, 5.41) is 0. The average Bonchev–Trinajstić information content (AvgIpc) is 2.55. The van der Waals surface area contributed by atoms with Crippen LogP contribution in [0.3, 0.4) is 0 Å². The molecule has 0 amide bonds. The Kier molecular flexibility index (Phi) is 6.02. The quantitative estimate of drug-likeness (QED) is 0.815. The maximum atomic E-state index is 13.3. The molecule has 2 aromatic rings. The van der Waals surface area contributed by atoms with E-state index in [2.05, 4.69) is 4.72 Å². The monoisotopic (exact) mass is 367 g/mol. The van der Waals surface area contributed by atoms with Gasteiger partial charge in [0.2, 0.25) is 10.0 Å². The number of sulfonamides is 1. The predicted octanol–water partition coefficient (Wildman–Crippen LogP) is 3.41. The van der Waals surface area contributed by atoms with Gasteiger partial charge in [-0.25, -0.2) is 17.5 Å². The SMILES string of the molecule is COc1cc(CNS(=O)(=O)c2ccc(F)c(C)c2)ccc1OC(C)C. The van der Waals surface area contributed by atoms with Gasteiger partial charge < -0.3 is 9.47 Å². The third-order valence-corrected chi connectivity index (χ3v) is 4.90. The first-order chi connectivity index (χ1) is 11.7. The van der Waals surface area contributed by atoms with Crippen molar-refractivity contribution >= 4 is 10.0 Å². The van der Waals surface area contributed by atoms with Gasteiger partial charge in [-0.3, -0.25) is 0 Å². The number of benzene rings is 2. The number of halogens is 1. The number of methoxy groups -OCH3 is 1. The summed E-state index contributed by atoms with van der Waals surface area (Å²) in [6.45, 7) is 5.42. The maximum Gasteiger partial charge on any atom is 0.240 e. The fourth-order valence-electron chi connectivity index (χ4n) is 2.22. The molecule has 2 rings (SSSR count). The van der Waals surface area contributed by atoms with Crippen molar-refractivity contribution in [3.05, 3.63) is 53.3 Å². The lowest BCUT2D eigenvalue weighted by molar-refractivity contribution is 0.230. The first kappa shape index (κ1) is 19.2. The van der Waals surface area contributed by atoms with Gasteiger partial charge in [-0.2, -0.15) is 0 Å². The fourth-order valence-corrected chi connectivity index (χ4v) is 3.32. The van der Waals surface area contributed by atoms with Crippen molar-refractivity contribution < 1.29 is 22.3 Å². The number of nitrogens with one attached hydrogen (secondary N) is 1. The van der Waals surface area contributed by atoms with E-state index in [1.165, 1.54) is 26.2 Å². The van der Waals surface area contributed by atoms with E-state index in [0.717, 1.165) is 11.6 Å². The Labute approximate surface area is 147 Å². The van der Waals surface area contributed by atoms with E-state index in [1.54, 1.807) is 18.2 Å². The molecule has 7 heteroatoms. The van der Waals surface area contributed by atoms with Gasteiger partial charge in [-0.05, 0) is 62.2 Å². The molecule has 0 bridgehead atoms. The molecule has 1 N–H and O–H groups in total. The minimum atomic E-state index is -3.74.